The van der Waals surface area contributed by atoms with E-state index in [0.717, 1.165) is 12.1 Å². The van der Waals surface area contributed by atoms with Gasteiger partial charge in [0.25, 0.3) is 0 Å². The van der Waals surface area contributed by atoms with Gasteiger partial charge in [0.1, 0.15) is 23.4 Å². The molecule has 30 heavy (non-hydrogen) atoms. The molecule has 1 aliphatic heterocycles. The highest BCUT2D eigenvalue weighted by atomic mass is 32.2. The summed E-state index contributed by atoms with van der Waals surface area (Å²) in [5, 5.41) is 4.86. The lowest BCUT2D eigenvalue weighted by Gasteiger charge is -2.26. The van der Waals surface area contributed by atoms with E-state index < -0.39 is 57.4 Å². The quantitative estimate of drug-likeness (QED) is 0.499. The molecule has 0 fully saturated rings. The minimum atomic E-state index is -4.32. The van der Waals surface area contributed by atoms with Gasteiger partial charge >= 0.3 is 18.0 Å². The van der Waals surface area contributed by atoms with E-state index in [9.17, 15) is 27.2 Å². The Kier molecular flexibility index (Phi) is 7.51. The Hall–Kier alpha value is -2.99. The molecule has 0 unspecified atom stereocenters. The highest BCUT2D eigenvalue weighted by Crippen LogP contribution is 2.16. The number of benzene rings is 1. The van der Waals surface area contributed by atoms with Crippen LogP contribution in [-0.2, 0) is 29.1 Å². The van der Waals surface area contributed by atoms with Gasteiger partial charge < -0.3 is 20.1 Å². The van der Waals surface area contributed by atoms with Crippen LogP contribution in [0.4, 0.5) is 9.18 Å². The number of urea groups is 1. The highest BCUT2D eigenvalue weighted by Gasteiger charge is 2.31. The Labute approximate surface area is 172 Å². The molecule has 0 aliphatic carbocycles. The van der Waals surface area contributed by atoms with Gasteiger partial charge in [-0.3, -0.25) is 4.79 Å². The number of rotatable bonds is 8. The average molecular weight is 443 g/mol. The van der Waals surface area contributed by atoms with E-state index in [4.69, 9.17) is 9.47 Å². The highest BCUT2D eigenvalue weighted by molar-refractivity contribution is 7.89. The van der Waals surface area contributed by atoms with Crippen LogP contribution in [0.15, 0.2) is 40.4 Å². The fourth-order valence-electron chi connectivity index (χ4n) is 2.67. The third-order valence-electron chi connectivity index (χ3n) is 4.04. The van der Waals surface area contributed by atoms with Gasteiger partial charge in [0, 0.05) is 0 Å². The van der Waals surface area contributed by atoms with E-state index in [1.54, 1.807) is 13.8 Å². The number of halogens is 1. The van der Waals surface area contributed by atoms with Crippen molar-refractivity contribution in [3.05, 3.63) is 41.4 Å². The Balaban J connectivity index is 2.11. The summed E-state index contributed by atoms with van der Waals surface area (Å²) in [6.07, 6.45) is 0. The Morgan fingerprint density at radius 2 is 1.93 bits per heavy atom. The van der Waals surface area contributed by atoms with E-state index in [1.807, 2.05) is 4.72 Å². The normalized spacial score (nSPS) is 17.6. The fraction of sp³-hybridized carbons (Fsp3) is 0.389. The van der Waals surface area contributed by atoms with Crippen molar-refractivity contribution < 1.29 is 36.7 Å². The Bertz CT molecular complexity index is 978. The second-order valence-electron chi connectivity index (χ2n) is 6.31. The molecule has 2 amide bonds. The van der Waals surface area contributed by atoms with Crippen LogP contribution in [0.25, 0.3) is 0 Å². The third-order valence-corrected chi connectivity index (χ3v) is 5.61. The zero-order chi connectivity index (χ0) is 22.5. The van der Waals surface area contributed by atoms with Gasteiger partial charge in [0.15, 0.2) is 0 Å². The minimum absolute atomic E-state index is 0.0159. The summed E-state index contributed by atoms with van der Waals surface area (Å²) in [7, 11) is -4.32. The minimum Gasteiger partial charge on any atom is -0.463 e. The number of carbonyl (C=O) groups excluding carboxylic acids is 3. The molecule has 2 rings (SSSR count). The number of esters is 2. The van der Waals surface area contributed by atoms with Crippen LogP contribution >= 0.6 is 0 Å². The molecule has 0 saturated carbocycles. The summed E-state index contributed by atoms with van der Waals surface area (Å²) in [6.45, 7) is 3.98. The molecule has 1 aliphatic rings. The molecule has 0 spiro atoms. The van der Waals surface area contributed by atoms with Crippen molar-refractivity contribution >= 4 is 28.0 Å². The largest absolute Gasteiger partial charge is 0.463 e. The average Bonchev–Trinajstić information content (AvgIpc) is 2.65. The van der Waals surface area contributed by atoms with Gasteiger partial charge in [-0.2, -0.15) is 4.72 Å². The maximum absolute atomic E-state index is 13.8. The maximum atomic E-state index is 13.8. The molecule has 1 aromatic rings. The van der Waals surface area contributed by atoms with Crippen LogP contribution in [-0.4, -0.2) is 51.7 Å². The molecule has 3 N–H and O–H groups in total. The lowest BCUT2D eigenvalue weighted by Crippen LogP contribution is -2.50. The second kappa shape index (κ2) is 9.67. The van der Waals surface area contributed by atoms with Crippen LogP contribution in [0, 0.1) is 5.82 Å². The molecule has 1 heterocycles. The first-order valence-corrected chi connectivity index (χ1v) is 10.5. The summed E-state index contributed by atoms with van der Waals surface area (Å²) >= 11 is 0. The fourth-order valence-corrected chi connectivity index (χ4v) is 3.94. The van der Waals surface area contributed by atoms with Crippen LogP contribution in [0.1, 0.15) is 20.8 Å². The first-order valence-electron chi connectivity index (χ1n) is 8.98. The zero-order valence-electron chi connectivity index (χ0n) is 16.5. The summed E-state index contributed by atoms with van der Waals surface area (Å²) in [5.74, 6) is -2.66. The predicted molar refractivity (Wildman–Crippen MR) is 102 cm³/mol. The molecule has 10 nitrogen and oxygen atoms in total. The molecular formula is C18H22FN3O7S. The van der Waals surface area contributed by atoms with E-state index in [0.29, 0.717) is 0 Å². The summed E-state index contributed by atoms with van der Waals surface area (Å²) in [4.78, 5) is 35.5. The molecule has 0 bridgehead atoms. The van der Waals surface area contributed by atoms with Crippen molar-refractivity contribution in [1.82, 2.24) is 15.4 Å². The lowest BCUT2D eigenvalue weighted by atomic mass is 10.0. The number of hydrogen-bond acceptors (Lipinski definition) is 7. The van der Waals surface area contributed by atoms with Crippen molar-refractivity contribution in [2.45, 2.75) is 37.8 Å². The first-order chi connectivity index (χ1) is 14.1. The number of carbonyl (C=O) groups is 3. The molecule has 0 radical (unpaired) electrons. The molecule has 0 aromatic heterocycles. The summed E-state index contributed by atoms with van der Waals surface area (Å²) < 4.78 is 50.3. The van der Waals surface area contributed by atoms with Crippen LogP contribution in [0.2, 0.25) is 0 Å². The number of amides is 2. The smallest absolute Gasteiger partial charge is 0.338 e. The molecular weight excluding hydrogens is 421 g/mol. The SMILES string of the molecule is CCOC(=O)C1=C(COC(=O)[C@H](C)NS(=O)(=O)c2ccccc2F)NC(=O)N[C@H]1C. The lowest BCUT2D eigenvalue weighted by molar-refractivity contribution is -0.145. The van der Waals surface area contributed by atoms with Crippen LogP contribution in [0.5, 0.6) is 0 Å². The molecule has 2 atom stereocenters. The van der Waals surface area contributed by atoms with Crippen molar-refractivity contribution in [2.24, 2.45) is 0 Å². The van der Waals surface area contributed by atoms with Crippen molar-refractivity contribution in [1.29, 1.82) is 0 Å². The van der Waals surface area contributed by atoms with Crippen LogP contribution < -0.4 is 15.4 Å². The maximum Gasteiger partial charge on any atom is 0.338 e. The van der Waals surface area contributed by atoms with Crippen molar-refractivity contribution in [3.63, 3.8) is 0 Å². The molecule has 0 saturated heterocycles. The Morgan fingerprint density at radius 3 is 2.57 bits per heavy atom. The van der Waals surface area contributed by atoms with Crippen molar-refractivity contribution in [2.75, 3.05) is 13.2 Å². The summed E-state index contributed by atoms with van der Waals surface area (Å²) in [6, 6.07) is 2.04. The van der Waals surface area contributed by atoms with Gasteiger partial charge in [-0.15, -0.1) is 0 Å². The van der Waals surface area contributed by atoms with Crippen molar-refractivity contribution in [3.8, 4) is 0 Å². The number of hydrogen-bond donors (Lipinski definition) is 3. The van der Waals surface area contributed by atoms with E-state index >= 15 is 0 Å². The standard InChI is InChI=1S/C18H22FN3O7S/c1-4-28-17(24)15-10(2)20-18(25)21-13(15)9-29-16(23)11(3)22-30(26,27)14-8-6-5-7-12(14)19/h5-8,10-11,22H,4,9H2,1-3H3,(H2,20,21,25)/t10-,11-/m0/s1. The third kappa shape index (κ3) is 5.54. The topological polar surface area (TPSA) is 140 Å². The molecule has 1 aromatic carbocycles. The van der Waals surface area contributed by atoms with Gasteiger partial charge in [0.05, 0.1) is 23.9 Å². The van der Waals surface area contributed by atoms with Crippen LogP contribution in [0.3, 0.4) is 0 Å². The summed E-state index contributed by atoms with van der Waals surface area (Å²) in [5.41, 5.74) is 0.0889. The van der Waals surface area contributed by atoms with Gasteiger partial charge in [0.2, 0.25) is 10.0 Å². The van der Waals surface area contributed by atoms with Gasteiger partial charge in [-0.1, -0.05) is 12.1 Å². The van der Waals surface area contributed by atoms with E-state index in [2.05, 4.69) is 10.6 Å². The predicted octanol–water partition coefficient (Wildman–Crippen LogP) is 0.554. The molecule has 164 valence electrons. The van der Waals surface area contributed by atoms with E-state index in [-0.39, 0.29) is 17.9 Å². The second-order valence-corrected chi connectivity index (χ2v) is 8.00. The first kappa shape index (κ1) is 23.3. The zero-order valence-corrected chi connectivity index (χ0v) is 17.3. The van der Waals surface area contributed by atoms with Gasteiger partial charge in [-0.25, -0.2) is 22.4 Å². The number of ether oxygens (including phenoxy) is 2. The number of sulfonamides is 1. The molecule has 12 heteroatoms. The number of nitrogens with one attached hydrogen (secondary N) is 3. The monoisotopic (exact) mass is 443 g/mol. The Morgan fingerprint density at radius 1 is 1.27 bits per heavy atom. The van der Waals surface area contributed by atoms with Gasteiger partial charge in [-0.05, 0) is 32.9 Å². The van der Waals surface area contributed by atoms with E-state index in [1.165, 1.54) is 19.1 Å².